The van der Waals surface area contributed by atoms with Gasteiger partial charge in [-0.25, -0.2) is 0 Å². The molecule has 0 saturated heterocycles. The molecule has 8 heteroatoms. The summed E-state index contributed by atoms with van der Waals surface area (Å²) in [7, 11) is 1.50. The van der Waals surface area contributed by atoms with Crippen LogP contribution in [0, 0.1) is 6.92 Å². The fourth-order valence-electron chi connectivity index (χ4n) is 1.77. The van der Waals surface area contributed by atoms with Gasteiger partial charge in [0, 0.05) is 12.8 Å². The Morgan fingerprint density at radius 1 is 1.52 bits per heavy atom. The van der Waals surface area contributed by atoms with Crippen LogP contribution in [0.15, 0.2) is 30.6 Å². The molecule has 0 aliphatic carbocycles. The highest BCUT2D eigenvalue weighted by atomic mass is 35.5. The van der Waals surface area contributed by atoms with Gasteiger partial charge in [0.25, 0.3) is 0 Å². The molecule has 1 amide bonds. The number of carbonyl (C=O) groups is 1. The first-order valence-electron chi connectivity index (χ1n) is 6.14. The Balaban J connectivity index is 0.00000220. The average molecular weight is 312 g/mol. The van der Waals surface area contributed by atoms with E-state index in [1.54, 1.807) is 12.4 Å². The molecule has 0 radical (unpaired) electrons. The van der Waals surface area contributed by atoms with Crippen molar-refractivity contribution in [1.29, 1.82) is 0 Å². The number of aryl methyl sites for hydroxylation is 1. The van der Waals surface area contributed by atoms with Gasteiger partial charge in [-0.1, -0.05) is 6.07 Å². The first-order valence-corrected chi connectivity index (χ1v) is 6.14. The zero-order valence-electron chi connectivity index (χ0n) is 11.8. The lowest BCUT2D eigenvalue weighted by Crippen LogP contribution is -2.39. The first-order chi connectivity index (χ1) is 9.61. The lowest BCUT2D eigenvalue weighted by Gasteiger charge is -2.12. The van der Waals surface area contributed by atoms with Gasteiger partial charge in [-0.05, 0) is 25.1 Å². The van der Waals surface area contributed by atoms with Gasteiger partial charge in [0.1, 0.15) is 18.2 Å². The second-order valence-electron chi connectivity index (χ2n) is 4.35. The molecule has 0 fully saturated rings. The summed E-state index contributed by atoms with van der Waals surface area (Å²) in [6.45, 7) is 2.03. The Morgan fingerprint density at radius 2 is 2.29 bits per heavy atom. The van der Waals surface area contributed by atoms with Gasteiger partial charge in [0.05, 0.1) is 12.3 Å². The van der Waals surface area contributed by atoms with Crippen molar-refractivity contribution in [2.24, 2.45) is 5.73 Å². The molecule has 1 heterocycles. The summed E-state index contributed by atoms with van der Waals surface area (Å²) in [6.07, 6.45) is 1.62. The second kappa shape index (κ2) is 7.72. The highest BCUT2D eigenvalue weighted by Gasteiger charge is 2.13. The van der Waals surface area contributed by atoms with E-state index in [9.17, 15) is 4.79 Å². The molecular formula is C13H18ClN5O2. The summed E-state index contributed by atoms with van der Waals surface area (Å²) in [4.78, 5) is 11.8. The number of benzene rings is 1. The maximum atomic E-state index is 11.8. The third-order valence-electron chi connectivity index (χ3n) is 2.79. The summed E-state index contributed by atoms with van der Waals surface area (Å²) in [5.74, 6) is 0.481. The molecule has 1 atom stereocenters. The van der Waals surface area contributed by atoms with E-state index in [0.29, 0.717) is 5.69 Å². The highest BCUT2D eigenvalue weighted by Crippen LogP contribution is 2.15. The molecule has 114 valence electrons. The number of hydrogen-bond donors (Lipinski definition) is 2. The zero-order valence-corrected chi connectivity index (χ0v) is 12.6. The van der Waals surface area contributed by atoms with Crippen molar-refractivity contribution in [3.63, 3.8) is 0 Å². The second-order valence-corrected chi connectivity index (χ2v) is 4.35. The van der Waals surface area contributed by atoms with Crippen LogP contribution in [0.4, 0.5) is 5.69 Å². The Bertz CT molecular complexity index is 602. The van der Waals surface area contributed by atoms with E-state index in [1.807, 2.05) is 29.7 Å². The first kappa shape index (κ1) is 17.1. The molecular weight excluding hydrogens is 294 g/mol. The molecule has 0 aliphatic heterocycles. The van der Waals surface area contributed by atoms with Gasteiger partial charge in [0.15, 0.2) is 0 Å². The predicted octanol–water partition coefficient (Wildman–Crippen LogP) is 0.910. The third kappa shape index (κ3) is 4.25. The van der Waals surface area contributed by atoms with Gasteiger partial charge in [-0.2, -0.15) is 0 Å². The summed E-state index contributed by atoms with van der Waals surface area (Å²) in [5.41, 5.74) is 7.20. The number of ether oxygens (including phenoxy) is 1. The number of methoxy groups -OCH3 is 1. The summed E-state index contributed by atoms with van der Waals surface area (Å²) in [5, 5.41) is 10.5. The van der Waals surface area contributed by atoms with Crippen LogP contribution in [0.1, 0.15) is 5.82 Å². The van der Waals surface area contributed by atoms with Crippen molar-refractivity contribution in [3.05, 3.63) is 36.4 Å². The van der Waals surface area contributed by atoms with E-state index in [2.05, 4.69) is 15.5 Å². The fourth-order valence-corrected chi connectivity index (χ4v) is 1.77. The number of amides is 1. The van der Waals surface area contributed by atoms with Crippen LogP contribution in [0.3, 0.4) is 0 Å². The van der Waals surface area contributed by atoms with Crippen molar-refractivity contribution >= 4 is 24.0 Å². The monoisotopic (exact) mass is 311 g/mol. The number of nitrogens with one attached hydrogen (secondary N) is 1. The maximum absolute atomic E-state index is 11.8. The van der Waals surface area contributed by atoms with Crippen LogP contribution in [0.2, 0.25) is 0 Å². The quantitative estimate of drug-likeness (QED) is 0.856. The van der Waals surface area contributed by atoms with Crippen molar-refractivity contribution in [2.45, 2.75) is 13.0 Å². The van der Waals surface area contributed by atoms with E-state index in [4.69, 9.17) is 10.5 Å². The number of rotatable bonds is 5. The lowest BCUT2D eigenvalue weighted by atomic mass is 10.2. The minimum absolute atomic E-state index is 0. The van der Waals surface area contributed by atoms with Gasteiger partial charge in [-0.3, -0.25) is 9.36 Å². The Labute approximate surface area is 128 Å². The Morgan fingerprint density at radius 3 is 2.90 bits per heavy atom. The Kier molecular flexibility index (Phi) is 6.29. The van der Waals surface area contributed by atoms with Crippen LogP contribution >= 0.6 is 12.4 Å². The van der Waals surface area contributed by atoms with Crippen LogP contribution in [-0.2, 0) is 9.53 Å². The average Bonchev–Trinajstić information content (AvgIpc) is 2.85. The number of halogens is 1. The predicted molar refractivity (Wildman–Crippen MR) is 81.8 cm³/mol. The summed E-state index contributed by atoms with van der Waals surface area (Å²) < 4.78 is 6.68. The standard InChI is InChI=1S/C13H17N5O2.ClH/c1-9-17-15-8-18(9)11-5-3-4-10(6-11)16-13(19)12(14)7-20-2;/h3-6,8,12H,7,14H2,1-2H3,(H,16,19);1H. The van der Waals surface area contributed by atoms with Crippen molar-refractivity contribution in [1.82, 2.24) is 14.8 Å². The number of anilines is 1. The van der Waals surface area contributed by atoms with Gasteiger partial charge < -0.3 is 15.8 Å². The third-order valence-corrected chi connectivity index (χ3v) is 2.79. The molecule has 0 spiro atoms. The van der Waals surface area contributed by atoms with E-state index >= 15 is 0 Å². The topological polar surface area (TPSA) is 95.1 Å². The summed E-state index contributed by atoms with van der Waals surface area (Å²) in [6, 6.07) is 6.67. The molecule has 1 aromatic carbocycles. The molecule has 0 bridgehead atoms. The maximum Gasteiger partial charge on any atom is 0.243 e. The smallest absolute Gasteiger partial charge is 0.243 e. The molecule has 1 unspecified atom stereocenters. The van der Waals surface area contributed by atoms with E-state index < -0.39 is 6.04 Å². The number of nitrogens with two attached hydrogens (primary N) is 1. The molecule has 0 saturated carbocycles. The van der Waals surface area contributed by atoms with Crippen LogP contribution in [0.5, 0.6) is 0 Å². The largest absolute Gasteiger partial charge is 0.383 e. The van der Waals surface area contributed by atoms with Crippen LogP contribution in [0.25, 0.3) is 5.69 Å². The number of hydrogen-bond acceptors (Lipinski definition) is 5. The van der Waals surface area contributed by atoms with Gasteiger partial charge in [-0.15, -0.1) is 22.6 Å². The van der Waals surface area contributed by atoms with E-state index in [1.165, 1.54) is 7.11 Å². The molecule has 0 aliphatic rings. The number of nitrogens with zero attached hydrogens (tertiary/aromatic N) is 3. The minimum Gasteiger partial charge on any atom is -0.383 e. The van der Waals surface area contributed by atoms with Gasteiger partial charge in [0.2, 0.25) is 5.91 Å². The van der Waals surface area contributed by atoms with E-state index in [0.717, 1.165) is 11.5 Å². The van der Waals surface area contributed by atoms with Crippen LogP contribution < -0.4 is 11.1 Å². The molecule has 1 aromatic heterocycles. The molecule has 3 N–H and O–H groups in total. The summed E-state index contributed by atoms with van der Waals surface area (Å²) >= 11 is 0. The molecule has 7 nitrogen and oxygen atoms in total. The van der Waals surface area contributed by atoms with Crippen LogP contribution in [-0.4, -0.2) is 40.4 Å². The minimum atomic E-state index is -0.694. The molecule has 2 rings (SSSR count). The highest BCUT2D eigenvalue weighted by molar-refractivity contribution is 5.95. The molecule has 2 aromatic rings. The fraction of sp³-hybridized carbons (Fsp3) is 0.308. The number of carbonyl (C=O) groups excluding carboxylic acids is 1. The SMILES string of the molecule is COCC(N)C(=O)Nc1cccc(-n2cnnc2C)c1.Cl. The Hall–Kier alpha value is -1.96. The van der Waals surface area contributed by atoms with Crippen molar-refractivity contribution in [2.75, 3.05) is 19.0 Å². The van der Waals surface area contributed by atoms with Crippen molar-refractivity contribution in [3.8, 4) is 5.69 Å². The molecule has 21 heavy (non-hydrogen) atoms. The zero-order chi connectivity index (χ0) is 14.5. The lowest BCUT2D eigenvalue weighted by molar-refractivity contribution is -0.118. The normalized spacial score (nSPS) is 11.6. The van der Waals surface area contributed by atoms with E-state index in [-0.39, 0.29) is 24.9 Å². The number of aromatic nitrogens is 3. The van der Waals surface area contributed by atoms with Gasteiger partial charge >= 0.3 is 0 Å². The van der Waals surface area contributed by atoms with Crippen molar-refractivity contribution < 1.29 is 9.53 Å².